The minimum Gasteiger partial charge on any atom is -0.495 e. The molecule has 1 saturated carbocycles. The van der Waals surface area contributed by atoms with Crippen molar-refractivity contribution in [1.82, 2.24) is 5.32 Å². The molecule has 3 nitrogen and oxygen atoms in total. The second-order valence-corrected chi connectivity index (χ2v) is 6.61. The number of hydrogen-bond donors (Lipinski definition) is 2. The second-order valence-electron chi connectivity index (χ2n) is 6.61. The molecule has 2 N–H and O–H groups in total. The van der Waals surface area contributed by atoms with Gasteiger partial charge in [0.1, 0.15) is 5.75 Å². The first-order chi connectivity index (χ1) is 10.3. The molecule has 1 heterocycles. The zero-order chi connectivity index (χ0) is 14.7. The molecule has 3 atom stereocenters. The van der Waals surface area contributed by atoms with E-state index in [-0.39, 0.29) is 0 Å². The van der Waals surface area contributed by atoms with E-state index in [2.05, 4.69) is 35.8 Å². The maximum Gasteiger partial charge on any atom is 0.142 e. The number of nitrogens with one attached hydrogen (secondary N) is 2. The van der Waals surface area contributed by atoms with Gasteiger partial charge in [0, 0.05) is 12.1 Å². The first-order valence-corrected chi connectivity index (χ1v) is 8.42. The lowest BCUT2D eigenvalue weighted by Gasteiger charge is -2.33. The zero-order valence-corrected chi connectivity index (χ0v) is 13.3. The van der Waals surface area contributed by atoms with E-state index in [1.165, 1.54) is 50.6 Å². The number of anilines is 1. The molecular formula is C18H28N2O. The molecule has 3 heteroatoms. The lowest BCUT2D eigenvalue weighted by molar-refractivity contribution is 0.286. The maximum absolute atomic E-state index is 5.54. The summed E-state index contributed by atoms with van der Waals surface area (Å²) in [7, 11) is 1.76. The van der Waals surface area contributed by atoms with Gasteiger partial charge in [0.2, 0.25) is 0 Å². The van der Waals surface area contributed by atoms with Crippen molar-refractivity contribution >= 4 is 5.69 Å². The highest BCUT2D eigenvalue weighted by molar-refractivity contribution is 5.58. The molecule has 1 aliphatic heterocycles. The minimum atomic E-state index is 0.581. The predicted molar refractivity (Wildman–Crippen MR) is 88.1 cm³/mol. The molecule has 2 aliphatic rings. The summed E-state index contributed by atoms with van der Waals surface area (Å²) in [5.41, 5.74) is 2.39. The Labute approximate surface area is 128 Å². The molecule has 1 aliphatic carbocycles. The third-order valence-corrected chi connectivity index (χ3v) is 5.13. The van der Waals surface area contributed by atoms with Gasteiger partial charge in [-0.15, -0.1) is 0 Å². The van der Waals surface area contributed by atoms with Crippen LogP contribution >= 0.6 is 0 Å². The van der Waals surface area contributed by atoms with Crippen LogP contribution in [0, 0.1) is 12.8 Å². The number of hydrogen-bond acceptors (Lipinski definition) is 3. The van der Waals surface area contributed by atoms with E-state index in [4.69, 9.17) is 4.74 Å². The van der Waals surface area contributed by atoms with Gasteiger partial charge in [0.15, 0.2) is 0 Å². The Morgan fingerprint density at radius 2 is 2.05 bits per heavy atom. The Kier molecular flexibility index (Phi) is 4.69. The molecule has 0 bridgehead atoms. The SMILES string of the molecule is COc1cc(C)ccc1NC1CCCC1C1CCCCN1. The van der Waals surface area contributed by atoms with Gasteiger partial charge in [-0.05, 0) is 62.8 Å². The fourth-order valence-corrected chi connectivity index (χ4v) is 4.01. The molecule has 3 rings (SSSR count). The molecule has 3 unspecified atom stereocenters. The molecule has 1 aromatic carbocycles. The molecule has 0 spiro atoms. The average molecular weight is 288 g/mol. The van der Waals surface area contributed by atoms with Gasteiger partial charge in [-0.1, -0.05) is 18.9 Å². The van der Waals surface area contributed by atoms with Gasteiger partial charge in [-0.25, -0.2) is 0 Å². The highest BCUT2D eigenvalue weighted by Gasteiger charge is 2.34. The van der Waals surface area contributed by atoms with Crippen molar-refractivity contribution in [2.24, 2.45) is 5.92 Å². The first-order valence-electron chi connectivity index (χ1n) is 8.42. The van der Waals surface area contributed by atoms with Crippen LogP contribution in [-0.2, 0) is 0 Å². The topological polar surface area (TPSA) is 33.3 Å². The summed E-state index contributed by atoms with van der Waals surface area (Å²) in [6.45, 7) is 3.30. The van der Waals surface area contributed by atoms with Crippen LogP contribution in [0.2, 0.25) is 0 Å². The molecule has 0 amide bonds. The molecular weight excluding hydrogens is 260 g/mol. The van der Waals surface area contributed by atoms with Crippen molar-refractivity contribution in [3.63, 3.8) is 0 Å². The van der Waals surface area contributed by atoms with Gasteiger partial charge in [-0.2, -0.15) is 0 Å². The maximum atomic E-state index is 5.54. The smallest absolute Gasteiger partial charge is 0.142 e. The Morgan fingerprint density at radius 3 is 2.81 bits per heavy atom. The highest BCUT2D eigenvalue weighted by Crippen LogP contribution is 2.36. The lowest BCUT2D eigenvalue weighted by Crippen LogP contribution is -2.44. The van der Waals surface area contributed by atoms with Gasteiger partial charge < -0.3 is 15.4 Å². The summed E-state index contributed by atoms with van der Waals surface area (Å²) in [6, 6.07) is 7.73. The third-order valence-electron chi connectivity index (χ3n) is 5.13. The molecule has 1 saturated heterocycles. The number of ether oxygens (including phenoxy) is 1. The second kappa shape index (κ2) is 6.69. The van der Waals surface area contributed by atoms with E-state index < -0.39 is 0 Å². The lowest BCUT2D eigenvalue weighted by atomic mass is 9.88. The number of piperidine rings is 1. The minimum absolute atomic E-state index is 0.581. The van der Waals surface area contributed by atoms with Gasteiger partial charge >= 0.3 is 0 Å². The number of methoxy groups -OCH3 is 1. The molecule has 1 aromatic rings. The molecule has 0 aromatic heterocycles. The summed E-state index contributed by atoms with van der Waals surface area (Å²) in [4.78, 5) is 0. The van der Waals surface area contributed by atoms with Crippen LogP contribution < -0.4 is 15.4 Å². The van der Waals surface area contributed by atoms with Crippen LogP contribution in [0.25, 0.3) is 0 Å². The van der Waals surface area contributed by atoms with E-state index in [0.29, 0.717) is 12.1 Å². The van der Waals surface area contributed by atoms with Crippen molar-refractivity contribution in [1.29, 1.82) is 0 Å². The Balaban J connectivity index is 1.71. The van der Waals surface area contributed by atoms with Crippen molar-refractivity contribution in [2.75, 3.05) is 19.0 Å². The number of aryl methyl sites for hydroxylation is 1. The standard InChI is InChI=1S/C18H28N2O/c1-13-9-10-17(18(12-13)21-2)20-16-8-5-6-14(16)15-7-3-4-11-19-15/h9-10,12,14-16,19-20H,3-8,11H2,1-2H3. The molecule has 0 radical (unpaired) electrons. The molecule has 116 valence electrons. The molecule has 2 fully saturated rings. The first kappa shape index (κ1) is 14.7. The van der Waals surface area contributed by atoms with Crippen LogP contribution in [0.4, 0.5) is 5.69 Å². The normalized spacial score (nSPS) is 29.3. The van der Waals surface area contributed by atoms with Crippen molar-refractivity contribution in [2.45, 2.75) is 57.5 Å². The fraction of sp³-hybridized carbons (Fsp3) is 0.667. The van der Waals surface area contributed by atoms with Crippen molar-refractivity contribution in [3.05, 3.63) is 23.8 Å². The van der Waals surface area contributed by atoms with Crippen LogP contribution in [-0.4, -0.2) is 25.7 Å². The van der Waals surface area contributed by atoms with Crippen LogP contribution in [0.1, 0.15) is 44.1 Å². The summed E-state index contributed by atoms with van der Waals surface area (Å²) in [5, 5.41) is 7.51. The zero-order valence-electron chi connectivity index (χ0n) is 13.3. The van der Waals surface area contributed by atoms with Crippen LogP contribution in [0.3, 0.4) is 0 Å². The van der Waals surface area contributed by atoms with Crippen LogP contribution in [0.5, 0.6) is 5.75 Å². The van der Waals surface area contributed by atoms with Gasteiger partial charge in [0.25, 0.3) is 0 Å². The summed E-state index contributed by atoms with van der Waals surface area (Å²) in [5.74, 6) is 1.73. The van der Waals surface area contributed by atoms with E-state index in [1.807, 2.05) is 0 Å². The Morgan fingerprint density at radius 1 is 1.14 bits per heavy atom. The largest absolute Gasteiger partial charge is 0.495 e. The van der Waals surface area contributed by atoms with E-state index in [1.54, 1.807) is 7.11 Å². The summed E-state index contributed by atoms with van der Waals surface area (Å²) >= 11 is 0. The number of benzene rings is 1. The van der Waals surface area contributed by atoms with Crippen molar-refractivity contribution < 1.29 is 4.74 Å². The Hall–Kier alpha value is -1.22. The van der Waals surface area contributed by atoms with E-state index in [9.17, 15) is 0 Å². The molecule has 21 heavy (non-hydrogen) atoms. The van der Waals surface area contributed by atoms with Gasteiger partial charge in [-0.3, -0.25) is 0 Å². The van der Waals surface area contributed by atoms with E-state index >= 15 is 0 Å². The van der Waals surface area contributed by atoms with E-state index in [0.717, 1.165) is 17.4 Å². The predicted octanol–water partition coefficient (Wildman–Crippen LogP) is 3.73. The van der Waals surface area contributed by atoms with Crippen LogP contribution in [0.15, 0.2) is 18.2 Å². The number of rotatable bonds is 4. The summed E-state index contributed by atoms with van der Waals surface area (Å²) < 4.78 is 5.54. The third kappa shape index (κ3) is 3.34. The average Bonchev–Trinajstić information content (AvgIpc) is 2.98. The van der Waals surface area contributed by atoms with Crippen molar-refractivity contribution in [3.8, 4) is 5.75 Å². The highest BCUT2D eigenvalue weighted by atomic mass is 16.5. The fourth-order valence-electron chi connectivity index (χ4n) is 4.01. The van der Waals surface area contributed by atoms with Gasteiger partial charge in [0.05, 0.1) is 12.8 Å². The monoisotopic (exact) mass is 288 g/mol. The quantitative estimate of drug-likeness (QED) is 0.886. The Bertz CT molecular complexity index is 468. The summed E-state index contributed by atoms with van der Waals surface area (Å²) in [6.07, 6.45) is 8.04.